The molecule has 0 bridgehead atoms. The molecule has 0 unspecified atom stereocenters. The molecule has 126 valence electrons. The summed E-state index contributed by atoms with van der Waals surface area (Å²) in [6, 6.07) is 3.41. The molecule has 1 aromatic carbocycles. The quantitative estimate of drug-likeness (QED) is 0.302. The Morgan fingerprint density at radius 2 is 2.25 bits per heavy atom. The number of esters is 1. The van der Waals surface area contributed by atoms with Crippen molar-refractivity contribution in [1.29, 1.82) is 0 Å². The minimum atomic E-state index is -0.448. The summed E-state index contributed by atoms with van der Waals surface area (Å²) in [6.07, 6.45) is 3.43. The van der Waals surface area contributed by atoms with Crippen molar-refractivity contribution < 1.29 is 19.1 Å². The first-order chi connectivity index (χ1) is 11.4. The number of ether oxygens (including phenoxy) is 2. The first-order valence-electron chi connectivity index (χ1n) is 6.76. The lowest BCUT2D eigenvalue weighted by molar-refractivity contribution is -0.132. The summed E-state index contributed by atoms with van der Waals surface area (Å²) < 4.78 is 11.6. The normalized spacial score (nSPS) is 15.4. The number of methoxy groups -OCH3 is 1. The second-order valence-electron chi connectivity index (χ2n) is 4.52. The van der Waals surface area contributed by atoms with E-state index in [4.69, 9.17) is 9.47 Å². The molecule has 0 N–H and O–H groups in total. The van der Waals surface area contributed by atoms with Crippen LogP contribution in [0.3, 0.4) is 0 Å². The van der Waals surface area contributed by atoms with E-state index in [-0.39, 0.29) is 5.12 Å². The molecule has 24 heavy (non-hydrogen) atoms. The lowest BCUT2D eigenvalue weighted by Crippen LogP contribution is -2.04. The van der Waals surface area contributed by atoms with E-state index in [0.717, 1.165) is 11.8 Å². The summed E-state index contributed by atoms with van der Waals surface area (Å²) in [5, 5.41) is -0.110. The van der Waals surface area contributed by atoms with Gasteiger partial charge in [0, 0.05) is 12.7 Å². The minimum absolute atomic E-state index is 0.110. The van der Waals surface area contributed by atoms with Crippen LogP contribution in [0.1, 0.15) is 12.5 Å². The molecule has 0 aliphatic carbocycles. The Kier molecular flexibility index (Phi) is 6.70. The zero-order chi connectivity index (χ0) is 17.7. The van der Waals surface area contributed by atoms with E-state index >= 15 is 0 Å². The Balaban J connectivity index is 2.34. The topological polar surface area (TPSA) is 65.0 Å². The van der Waals surface area contributed by atoms with Crippen molar-refractivity contribution in [3.63, 3.8) is 0 Å². The van der Waals surface area contributed by atoms with E-state index < -0.39 is 5.97 Å². The van der Waals surface area contributed by atoms with Crippen LogP contribution in [0, 0.1) is 0 Å². The number of hydrogen-bond acceptors (Lipinski definition) is 7. The average Bonchev–Trinajstić information content (AvgIpc) is 2.87. The summed E-state index contributed by atoms with van der Waals surface area (Å²) in [6.45, 7) is 4.96. The summed E-state index contributed by atoms with van der Waals surface area (Å²) in [7, 11) is 1.48. The fourth-order valence-electron chi connectivity index (χ4n) is 1.81. The Morgan fingerprint density at radius 3 is 2.88 bits per heavy atom. The van der Waals surface area contributed by atoms with E-state index in [9.17, 15) is 9.59 Å². The number of thioether (sulfide) groups is 2. The molecule has 0 fully saturated rings. The predicted octanol–water partition coefficient (Wildman–Crippen LogP) is 4.27. The number of aliphatic imine (C=N–C) groups is 1. The molecule has 1 aliphatic heterocycles. The third-order valence-corrected chi connectivity index (χ3v) is 5.32. The van der Waals surface area contributed by atoms with Gasteiger partial charge in [-0.2, -0.15) is 0 Å². The molecule has 0 atom stereocenters. The van der Waals surface area contributed by atoms with Gasteiger partial charge in [-0.15, -0.1) is 6.58 Å². The summed E-state index contributed by atoms with van der Waals surface area (Å²) in [5.74, 6) is 0.929. The predicted molar refractivity (Wildman–Crippen MR) is 103 cm³/mol. The van der Waals surface area contributed by atoms with E-state index in [1.165, 1.54) is 25.8 Å². The van der Waals surface area contributed by atoms with Crippen molar-refractivity contribution in [2.45, 2.75) is 6.92 Å². The maximum Gasteiger partial charge on any atom is 0.308 e. The number of hydrogen-bond donors (Lipinski definition) is 0. The van der Waals surface area contributed by atoms with Crippen molar-refractivity contribution in [3.8, 4) is 11.5 Å². The zero-order valence-electron chi connectivity index (χ0n) is 13.0. The largest absolute Gasteiger partial charge is 0.493 e. The van der Waals surface area contributed by atoms with E-state index in [2.05, 4.69) is 27.5 Å². The molecular formula is C16H14BrNO4S2. The second-order valence-corrected chi connectivity index (χ2v) is 7.61. The number of nitrogens with zero attached hydrogens (tertiary/aromatic N) is 1. The molecule has 0 radical (unpaired) electrons. The van der Waals surface area contributed by atoms with Gasteiger partial charge < -0.3 is 9.47 Å². The Bertz CT molecular complexity index is 759. The maximum absolute atomic E-state index is 12.0. The van der Waals surface area contributed by atoms with Gasteiger partial charge in [0.2, 0.25) is 5.12 Å². The maximum atomic E-state index is 12.0. The molecule has 8 heteroatoms. The van der Waals surface area contributed by atoms with Crippen LogP contribution in [0.5, 0.6) is 11.5 Å². The minimum Gasteiger partial charge on any atom is -0.493 e. The van der Waals surface area contributed by atoms with Crippen LogP contribution < -0.4 is 9.47 Å². The van der Waals surface area contributed by atoms with E-state index in [1.807, 2.05) is 0 Å². The smallest absolute Gasteiger partial charge is 0.308 e. The summed E-state index contributed by atoms with van der Waals surface area (Å²) in [4.78, 5) is 27.5. The number of carbonyl (C=O) groups is 2. The lowest BCUT2D eigenvalue weighted by atomic mass is 10.1. The highest BCUT2D eigenvalue weighted by molar-refractivity contribution is 9.10. The monoisotopic (exact) mass is 427 g/mol. The molecule has 1 aliphatic rings. The van der Waals surface area contributed by atoms with Crippen molar-refractivity contribution in [1.82, 2.24) is 0 Å². The Morgan fingerprint density at radius 1 is 1.50 bits per heavy atom. The SMILES string of the molecule is C=CCSC1=NC(=Cc2cc(Br)c(OC(C)=O)c(OC)c2)C(=O)S1. The highest BCUT2D eigenvalue weighted by atomic mass is 79.9. The summed E-state index contributed by atoms with van der Waals surface area (Å²) >= 11 is 5.92. The molecule has 2 rings (SSSR count). The highest BCUT2D eigenvalue weighted by Crippen LogP contribution is 2.38. The number of carbonyl (C=O) groups excluding carboxylic acids is 2. The molecule has 1 heterocycles. The first-order valence-corrected chi connectivity index (χ1v) is 9.36. The van der Waals surface area contributed by atoms with Crippen molar-refractivity contribution in [3.05, 3.63) is 40.5 Å². The Labute approximate surface area is 156 Å². The second kappa shape index (κ2) is 8.55. The zero-order valence-corrected chi connectivity index (χ0v) is 16.2. The fraction of sp³-hybridized carbons (Fsp3) is 0.188. The van der Waals surface area contributed by atoms with Crippen LogP contribution in [-0.2, 0) is 9.59 Å². The van der Waals surface area contributed by atoms with Gasteiger partial charge in [-0.3, -0.25) is 9.59 Å². The summed E-state index contributed by atoms with van der Waals surface area (Å²) in [5.41, 5.74) is 1.07. The van der Waals surface area contributed by atoms with Gasteiger partial charge in [0.15, 0.2) is 11.5 Å². The van der Waals surface area contributed by atoms with E-state index in [0.29, 0.717) is 37.4 Å². The van der Waals surface area contributed by atoms with Crippen molar-refractivity contribution in [2.75, 3.05) is 12.9 Å². The van der Waals surface area contributed by atoms with Gasteiger partial charge in [-0.1, -0.05) is 17.8 Å². The van der Waals surface area contributed by atoms with Crippen LogP contribution in [0.2, 0.25) is 0 Å². The van der Waals surface area contributed by atoms with Gasteiger partial charge >= 0.3 is 5.97 Å². The van der Waals surface area contributed by atoms with Crippen LogP contribution in [0.25, 0.3) is 6.08 Å². The number of rotatable bonds is 5. The molecule has 1 aromatic rings. The van der Waals surface area contributed by atoms with Gasteiger partial charge in [0.25, 0.3) is 0 Å². The van der Waals surface area contributed by atoms with Crippen LogP contribution in [0.4, 0.5) is 0 Å². The van der Waals surface area contributed by atoms with Gasteiger partial charge in [0.1, 0.15) is 10.1 Å². The highest BCUT2D eigenvalue weighted by Gasteiger charge is 2.22. The van der Waals surface area contributed by atoms with Crippen LogP contribution in [0.15, 0.2) is 39.9 Å². The van der Waals surface area contributed by atoms with Crippen LogP contribution in [-0.4, -0.2) is 28.3 Å². The molecule has 5 nitrogen and oxygen atoms in total. The molecule has 0 spiro atoms. The van der Waals surface area contributed by atoms with Gasteiger partial charge in [-0.25, -0.2) is 4.99 Å². The molecule has 0 saturated carbocycles. The number of benzene rings is 1. The fourth-order valence-corrected chi connectivity index (χ4v) is 3.95. The molecule has 0 amide bonds. The average molecular weight is 428 g/mol. The number of halogens is 1. The van der Waals surface area contributed by atoms with Gasteiger partial charge in [0.05, 0.1) is 11.6 Å². The van der Waals surface area contributed by atoms with Crippen molar-refractivity contribution >= 4 is 61.0 Å². The Hall–Kier alpha value is -1.51. The molecule has 0 aromatic heterocycles. The standard InChI is InChI=1S/C16H14BrNO4S2/c1-4-5-23-16-18-12(15(20)24-16)7-10-6-11(17)14(22-9(2)19)13(8-10)21-3/h4,6-8H,1,5H2,2-3H3. The van der Waals surface area contributed by atoms with Crippen molar-refractivity contribution in [2.24, 2.45) is 4.99 Å². The first kappa shape index (κ1) is 18.8. The third kappa shape index (κ3) is 4.75. The molecular weight excluding hydrogens is 414 g/mol. The van der Waals surface area contributed by atoms with E-state index in [1.54, 1.807) is 24.3 Å². The van der Waals surface area contributed by atoms with Gasteiger partial charge in [-0.05, 0) is 51.5 Å². The van der Waals surface area contributed by atoms with Crippen LogP contribution >= 0.6 is 39.5 Å². The molecule has 0 saturated heterocycles. The lowest BCUT2D eigenvalue weighted by Gasteiger charge is -2.11. The third-order valence-electron chi connectivity index (χ3n) is 2.73.